The highest BCUT2D eigenvalue weighted by atomic mass is 16.5. The largest absolute Gasteiger partial charge is 0.493 e. The van der Waals surface area contributed by atoms with Crippen LogP contribution in [0, 0.1) is 0 Å². The van der Waals surface area contributed by atoms with Crippen molar-refractivity contribution in [3.63, 3.8) is 0 Å². The summed E-state index contributed by atoms with van der Waals surface area (Å²) >= 11 is 0. The lowest BCUT2D eigenvalue weighted by atomic mass is 9.87. The molecule has 0 bridgehead atoms. The van der Waals surface area contributed by atoms with Crippen LogP contribution in [0.3, 0.4) is 0 Å². The molecular formula is C34H38N4O3. The minimum atomic E-state index is 0.132. The van der Waals surface area contributed by atoms with Gasteiger partial charge in [-0.1, -0.05) is 32.9 Å². The van der Waals surface area contributed by atoms with Crippen LogP contribution in [-0.4, -0.2) is 48.6 Å². The predicted molar refractivity (Wildman–Crippen MR) is 166 cm³/mol. The second-order valence-electron chi connectivity index (χ2n) is 11.1. The molecule has 41 heavy (non-hydrogen) atoms. The number of anilines is 2. The van der Waals surface area contributed by atoms with E-state index in [0.717, 1.165) is 41.1 Å². The molecule has 5 rings (SSSR count). The summed E-state index contributed by atoms with van der Waals surface area (Å²) in [4.78, 5) is 8.78. The van der Waals surface area contributed by atoms with Crippen molar-refractivity contribution in [1.82, 2.24) is 14.8 Å². The molecule has 3 aromatic carbocycles. The molecule has 1 aromatic heterocycles. The van der Waals surface area contributed by atoms with E-state index in [4.69, 9.17) is 14.2 Å². The van der Waals surface area contributed by atoms with E-state index in [1.807, 2.05) is 66.8 Å². The van der Waals surface area contributed by atoms with Gasteiger partial charge in [0.05, 0.1) is 19.2 Å². The molecule has 0 fully saturated rings. The first-order valence-corrected chi connectivity index (χ1v) is 13.8. The van der Waals surface area contributed by atoms with Crippen LogP contribution in [0.1, 0.15) is 26.3 Å². The zero-order chi connectivity index (χ0) is 28.8. The topological polar surface area (TPSA) is 59.1 Å². The Bertz CT molecular complexity index is 1520. The lowest BCUT2D eigenvalue weighted by molar-refractivity contribution is 0.253. The van der Waals surface area contributed by atoms with Crippen molar-refractivity contribution in [3.05, 3.63) is 103 Å². The van der Waals surface area contributed by atoms with Crippen LogP contribution in [0.25, 0.3) is 10.9 Å². The van der Waals surface area contributed by atoms with Crippen molar-refractivity contribution in [2.24, 2.45) is 0 Å². The van der Waals surface area contributed by atoms with Gasteiger partial charge in [-0.3, -0.25) is 4.98 Å². The SMILES string of the molecule is COc1cc2c(Oc3ccc(Nc4ccc(C(C)(C)C)cc4)cc3)ccnc2cc1OCCN1C=CN(C)C=CC1. The highest BCUT2D eigenvalue weighted by Gasteiger charge is 2.14. The van der Waals surface area contributed by atoms with E-state index in [-0.39, 0.29) is 5.41 Å². The molecule has 0 spiro atoms. The molecule has 7 heteroatoms. The molecule has 0 saturated carbocycles. The molecule has 0 aliphatic carbocycles. The van der Waals surface area contributed by atoms with Crippen LogP contribution < -0.4 is 19.5 Å². The number of ether oxygens (including phenoxy) is 3. The average Bonchev–Trinajstić information content (AvgIpc) is 3.17. The summed E-state index contributed by atoms with van der Waals surface area (Å²) in [5.41, 5.74) is 4.25. The highest BCUT2D eigenvalue weighted by Crippen LogP contribution is 2.37. The Morgan fingerprint density at radius 1 is 0.854 bits per heavy atom. The molecule has 0 saturated heterocycles. The molecule has 1 aliphatic rings. The van der Waals surface area contributed by atoms with Gasteiger partial charge < -0.3 is 29.3 Å². The Morgan fingerprint density at radius 3 is 2.29 bits per heavy atom. The quantitative estimate of drug-likeness (QED) is 0.229. The molecule has 2 heterocycles. The molecule has 4 aromatic rings. The van der Waals surface area contributed by atoms with Gasteiger partial charge in [0, 0.05) is 61.2 Å². The molecule has 7 nitrogen and oxygen atoms in total. The summed E-state index contributed by atoms with van der Waals surface area (Å²) in [5, 5.41) is 4.31. The summed E-state index contributed by atoms with van der Waals surface area (Å²) in [7, 11) is 3.66. The standard InChI is InChI=1S/C34H38N4O3/c1-34(2,3)25-7-9-26(10-8-25)36-27-11-13-28(14-12-27)41-31-15-16-35-30-24-33(32(39-5)23-29(30)31)40-22-21-38-18-6-17-37(4)19-20-38/h6-17,19-20,23-24,36H,18,21-22H2,1-5H3. The minimum absolute atomic E-state index is 0.132. The van der Waals surface area contributed by atoms with Gasteiger partial charge in [-0.2, -0.15) is 0 Å². The van der Waals surface area contributed by atoms with Crippen LogP contribution in [0.5, 0.6) is 23.0 Å². The predicted octanol–water partition coefficient (Wildman–Crippen LogP) is 7.69. The first-order valence-electron chi connectivity index (χ1n) is 13.8. The van der Waals surface area contributed by atoms with Gasteiger partial charge >= 0.3 is 0 Å². The third-order valence-electron chi connectivity index (χ3n) is 6.94. The number of hydrogen-bond donors (Lipinski definition) is 1. The van der Waals surface area contributed by atoms with E-state index in [1.54, 1.807) is 13.3 Å². The van der Waals surface area contributed by atoms with Crippen molar-refractivity contribution in [3.8, 4) is 23.0 Å². The van der Waals surface area contributed by atoms with Gasteiger partial charge in [-0.25, -0.2) is 0 Å². The Morgan fingerprint density at radius 2 is 1.59 bits per heavy atom. The summed E-state index contributed by atoms with van der Waals surface area (Å²) < 4.78 is 18.1. The third kappa shape index (κ3) is 7.11. The van der Waals surface area contributed by atoms with Gasteiger partial charge in [0.25, 0.3) is 0 Å². The Hall–Kier alpha value is -4.65. The number of hydrogen-bond acceptors (Lipinski definition) is 7. The first-order chi connectivity index (χ1) is 19.8. The molecule has 0 radical (unpaired) electrons. The molecule has 212 valence electrons. The van der Waals surface area contributed by atoms with Crippen LogP contribution in [0.15, 0.2) is 97.6 Å². The summed E-state index contributed by atoms with van der Waals surface area (Å²) in [6, 6.07) is 22.2. The molecular weight excluding hydrogens is 512 g/mol. The van der Waals surface area contributed by atoms with E-state index < -0.39 is 0 Å². The minimum Gasteiger partial charge on any atom is -0.493 e. The second kappa shape index (κ2) is 12.3. The lowest BCUT2D eigenvalue weighted by Gasteiger charge is -2.19. The fourth-order valence-corrected chi connectivity index (χ4v) is 4.54. The zero-order valence-corrected chi connectivity index (χ0v) is 24.4. The van der Waals surface area contributed by atoms with Crippen molar-refractivity contribution >= 4 is 22.3 Å². The first kappa shape index (κ1) is 27.9. The molecule has 0 amide bonds. The fraction of sp³-hybridized carbons (Fsp3) is 0.265. The van der Waals surface area contributed by atoms with E-state index in [0.29, 0.717) is 23.9 Å². The van der Waals surface area contributed by atoms with E-state index >= 15 is 0 Å². The average molecular weight is 551 g/mol. The van der Waals surface area contributed by atoms with Crippen molar-refractivity contribution < 1.29 is 14.2 Å². The lowest BCUT2D eigenvalue weighted by Crippen LogP contribution is -2.23. The number of benzene rings is 3. The number of aromatic nitrogens is 1. The second-order valence-corrected chi connectivity index (χ2v) is 11.1. The van der Waals surface area contributed by atoms with Crippen molar-refractivity contribution in [2.75, 3.05) is 39.2 Å². The van der Waals surface area contributed by atoms with Crippen LogP contribution in [-0.2, 0) is 5.41 Å². The maximum absolute atomic E-state index is 6.28. The normalized spacial score (nSPS) is 13.3. The van der Waals surface area contributed by atoms with Crippen molar-refractivity contribution in [1.29, 1.82) is 0 Å². The number of nitrogens with zero attached hydrogens (tertiary/aromatic N) is 3. The number of pyridine rings is 1. The maximum atomic E-state index is 6.28. The molecule has 1 aliphatic heterocycles. The van der Waals surface area contributed by atoms with E-state index in [1.165, 1.54) is 5.56 Å². The van der Waals surface area contributed by atoms with E-state index in [9.17, 15) is 0 Å². The Balaban J connectivity index is 1.25. The van der Waals surface area contributed by atoms with E-state index in [2.05, 4.69) is 72.5 Å². The Kier molecular flexibility index (Phi) is 8.34. The fourth-order valence-electron chi connectivity index (χ4n) is 4.54. The molecule has 1 N–H and O–H groups in total. The van der Waals surface area contributed by atoms with Crippen molar-refractivity contribution in [2.45, 2.75) is 26.2 Å². The smallest absolute Gasteiger partial charge is 0.163 e. The number of fused-ring (bicyclic) bond motifs is 1. The monoisotopic (exact) mass is 550 g/mol. The van der Waals surface area contributed by atoms with Crippen LogP contribution >= 0.6 is 0 Å². The number of methoxy groups -OCH3 is 1. The summed E-state index contributed by atoms with van der Waals surface area (Å²) in [6.45, 7) is 8.76. The maximum Gasteiger partial charge on any atom is 0.163 e. The van der Waals surface area contributed by atoms with Crippen LogP contribution in [0.4, 0.5) is 11.4 Å². The summed E-state index contributed by atoms with van der Waals surface area (Å²) in [5.74, 6) is 2.72. The number of rotatable bonds is 9. The van der Waals surface area contributed by atoms with Crippen LogP contribution in [0.2, 0.25) is 0 Å². The zero-order valence-electron chi connectivity index (χ0n) is 24.4. The van der Waals surface area contributed by atoms with Gasteiger partial charge in [0.15, 0.2) is 11.5 Å². The Labute approximate surface area is 242 Å². The third-order valence-corrected chi connectivity index (χ3v) is 6.94. The van der Waals surface area contributed by atoms with Gasteiger partial charge in [-0.15, -0.1) is 0 Å². The highest BCUT2D eigenvalue weighted by molar-refractivity contribution is 5.88. The van der Waals surface area contributed by atoms with Gasteiger partial charge in [0.2, 0.25) is 0 Å². The number of nitrogens with one attached hydrogen (secondary N) is 1. The van der Waals surface area contributed by atoms with Gasteiger partial charge in [0.1, 0.15) is 18.1 Å². The van der Waals surface area contributed by atoms with Gasteiger partial charge in [-0.05, 0) is 65.6 Å². The molecule has 0 unspecified atom stereocenters. The molecule has 0 atom stereocenters. The summed E-state index contributed by atoms with van der Waals surface area (Å²) in [6.07, 6.45) is 10.0.